The van der Waals surface area contributed by atoms with Gasteiger partial charge in [-0.3, -0.25) is 5.10 Å². The van der Waals surface area contributed by atoms with E-state index in [1.807, 2.05) is 6.07 Å². The van der Waals surface area contributed by atoms with Crippen LogP contribution >= 0.6 is 0 Å². The number of aromatic nitrogens is 2. The maximum absolute atomic E-state index is 13.0. The summed E-state index contributed by atoms with van der Waals surface area (Å²) in [6.45, 7) is 0.998. The Hall–Kier alpha value is -1.73. The number of sulfonamides is 1. The van der Waals surface area contributed by atoms with Crippen LogP contribution in [0.5, 0.6) is 0 Å². The SMILES string of the molecule is O=S(=O)(c1ccc(F)cc1)N1CCCC(Cc2ccn[nH]2)C1. The highest BCUT2D eigenvalue weighted by Gasteiger charge is 2.30. The second kappa shape index (κ2) is 6.18. The molecule has 22 heavy (non-hydrogen) atoms. The molecule has 1 unspecified atom stereocenters. The normalized spacial score (nSPS) is 20.1. The number of nitrogens with one attached hydrogen (secondary N) is 1. The quantitative estimate of drug-likeness (QED) is 0.938. The summed E-state index contributed by atoms with van der Waals surface area (Å²) in [4.78, 5) is 0.149. The molecule has 0 saturated carbocycles. The van der Waals surface area contributed by atoms with E-state index >= 15 is 0 Å². The third kappa shape index (κ3) is 3.20. The highest BCUT2D eigenvalue weighted by atomic mass is 32.2. The molecule has 1 atom stereocenters. The summed E-state index contributed by atoms with van der Waals surface area (Å²) in [6.07, 6.45) is 4.31. The summed E-state index contributed by atoms with van der Waals surface area (Å²) in [5, 5.41) is 6.84. The zero-order valence-electron chi connectivity index (χ0n) is 12.1. The standard InChI is InChI=1S/C15H18FN3O2S/c16-13-3-5-15(6-4-13)22(20,21)19-9-1-2-12(11-19)10-14-7-8-17-18-14/h3-8,12H,1-2,9-11H2,(H,17,18). The molecule has 0 amide bonds. The summed E-state index contributed by atoms with van der Waals surface area (Å²) in [5.41, 5.74) is 1.02. The van der Waals surface area contributed by atoms with Crippen LogP contribution in [0, 0.1) is 11.7 Å². The van der Waals surface area contributed by atoms with E-state index in [1.54, 1.807) is 6.20 Å². The van der Waals surface area contributed by atoms with Gasteiger partial charge >= 0.3 is 0 Å². The molecule has 1 N–H and O–H groups in total. The van der Waals surface area contributed by atoms with E-state index in [-0.39, 0.29) is 10.8 Å². The molecule has 2 aromatic rings. The second-order valence-corrected chi connectivity index (χ2v) is 7.55. The Balaban J connectivity index is 1.74. The van der Waals surface area contributed by atoms with E-state index in [9.17, 15) is 12.8 Å². The Kier molecular flexibility index (Phi) is 4.26. The summed E-state index contributed by atoms with van der Waals surface area (Å²) >= 11 is 0. The number of piperidine rings is 1. The number of hydrogen-bond acceptors (Lipinski definition) is 3. The third-order valence-corrected chi connectivity index (χ3v) is 5.88. The van der Waals surface area contributed by atoms with E-state index in [1.165, 1.54) is 28.6 Å². The van der Waals surface area contributed by atoms with Gasteiger partial charge in [0.05, 0.1) is 4.90 Å². The Morgan fingerprint density at radius 2 is 2.05 bits per heavy atom. The van der Waals surface area contributed by atoms with E-state index in [0.29, 0.717) is 13.1 Å². The maximum atomic E-state index is 13.0. The molecule has 2 heterocycles. The first-order valence-electron chi connectivity index (χ1n) is 7.29. The number of benzene rings is 1. The lowest BCUT2D eigenvalue weighted by Gasteiger charge is -2.31. The van der Waals surface area contributed by atoms with Crippen molar-refractivity contribution >= 4 is 10.0 Å². The van der Waals surface area contributed by atoms with Crippen LogP contribution in [0.4, 0.5) is 4.39 Å². The van der Waals surface area contributed by atoms with Gasteiger partial charge in [-0.25, -0.2) is 12.8 Å². The average molecular weight is 323 g/mol. The molecular formula is C15H18FN3O2S. The van der Waals surface area contributed by atoms with Gasteiger partial charge in [0.25, 0.3) is 0 Å². The predicted molar refractivity (Wildman–Crippen MR) is 80.2 cm³/mol. The van der Waals surface area contributed by atoms with Gasteiger partial charge in [-0.05, 0) is 55.5 Å². The number of hydrogen-bond donors (Lipinski definition) is 1. The third-order valence-electron chi connectivity index (χ3n) is 4.00. The van der Waals surface area contributed by atoms with Crippen molar-refractivity contribution in [1.29, 1.82) is 0 Å². The zero-order valence-corrected chi connectivity index (χ0v) is 12.9. The van der Waals surface area contributed by atoms with E-state index < -0.39 is 15.8 Å². The largest absolute Gasteiger partial charge is 0.283 e. The molecule has 1 fully saturated rings. The van der Waals surface area contributed by atoms with Crippen LogP contribution in [-0.2, 0) is 16.4 Å². The molecular weight excluding hydrogens is 305 g/mol. The van der Waals surface area contributed by atoms with Crippen molar-refractivity contribution in [2.45, 2.75) is 24.2 Å². The van der Waals surface area contributed by atoms with Crippen LogP contribution < -0.4 is 0 Å². The lowest BCUT2D eigenvalue weighted by Crippen LogP contribution is -2.40. The van der Waals surface area contributed by atoms with Crippen molar-refractivity contribution in [2.24, 2.45) is 5.92 Å². The van der Waals surface area contributed by atoms with Crippen LogP contribution in [0.3, 0.4) is 0 Å². The lowest BCUT2D eigenvalue weighted by molar-refractivity contribution is 0.264. The first-order valence-corrected chi connectivity index (χ1v) is 8.74. The van der Waals surface area contributed by atoms with E-state index in [0.717, 1.165) is 25.0 Å². The average Bonchev–Trinajstić information content (AvgIpc) is 3.01. The van der Waals surface area contributed by atoms with Crippen LogP contribution in [0.15, 0.2) is 41.4 Å². The highest BCUT2D eigenvalue weighted by molar-refractivity contribution is 7.89. The molecule has 1 aromatic carbocycles. The minimum absolute atomic E-state index is 0.149. The fourth-order valence-electron chi connectivity index (χ4n) is 2.88. The van der Waals surface area contributed by atoms with Gasteiger partial charge in [-0.1, -0.05) is 0 Å². The summed E-state index contributed by atoms with van der Waals surface area (Å²) < 4.78 is 39.7. The van der Waals surface area contributed by atoms with Gasteiger partial charge in [0.2, 0.25) is 10.0 Å². The smallest absolute Gasteiger partial charge is 0.243 e. The first kappa shape index (κ1) is 15.2. The predicted octanol–water partition coefficient (Wildman–Crippen LogP) is 2.19. The molecule has 1 aromatic heterocycles. The highest BCUT2D eigenvalue weighted by Crippen LogP contribution is 2.25. The van der Waals surface area contributed by atoms with Crippen molar-refractivity contribution in [2.75, 3.05) is 13.1 Å². The Labute approximate surface area is 129 Å². The summed E-state index contributed by atoms with van der Waals surface area (Å²) in [6, 6.07) is 6.91. The summed E-state index contributed by atoms with van der Waals surface area (Å²) in [7, 11) is -3.55. The van der Waals surface area contributed by atoms with Crippen molar-refractivity contribution in [1.82, 2.24) is 14.5 Å². The minimum Gasteiger partial charge on any atom is -0.283 e. The Bertz CT molecular complexity index is 714. The second-order valence-electron chi connectivity index (χ2n) is 5.61. The van der Waals surface area contributed by atoms with Crippen molar-refractivity contribution in [3.8, 4) is 0 Å². The molecule has 118 valence electrons. The molecule has 1 saturated heterocycles. The summed E-state index contributed by atoms with van der Waals surface area (Å²) in [5.74, 6) is -0.167. The molecule has 1 aliphatic heterocycles. The fraction of sp³-hybridized carbons (Fsp3) is 0.400. The molecule has 0 spiro atoms. The molecule has 0 radical (unpaired) electrons. The van der Waals surface area contributed by atoms with Crippen LogP contribution in [0.25, 0.3) is 0 Å². The first-order chi connectivity index (χ1) is 10.6. The molecule has 5 nitrogen and oxygen atoms in total. The number of halogens is 1. The Morgan fingerprint density at radius 3 is 2.73 bits per heavy atom. The molecule has 7 heteroatoms. The van der Waals surface area contributed by atoms with Gasteiger partial charge in [0.15, 0.2) is 0 Å². The minimum atomic E-state index is -3.55. The van der Waals surface area contributed by atoms with Crippen LogP contribution in [0.2, 0.25) is 0 Å². The van der Waals surface area contributed by atoms with Gasteiger partial charge in [-0.2, -0.15) is 9.40 Å². The van der Waals surface area contributed by atoms with Gasteiger partial charge in [0, 0.05) is 25.0 Å². The monoisotopic (exact) mass is 323 g/mol. The van der Waals surface area contributed by atoms with Crippen LogP contribution in [0.1, 0.15) is 18.5 Å². The van der Waals surface area contributed by atoms with Crippen molar-refractivity contribution < 1.29 is 12.8 Å². The Morgan fingerprint density at radius 1 is 1.27 bits per heavy atom. The van der Waals surface area contributed by atoms with E-state index in [2.05, 4.69) is 10.2 Å². The van der Waals surface area contributed by atoms with Gasteiger partial charge < -0.3 is 0 Å². The fourth-order valence-corrected chi connectivity index (χ4v) is 4.43. The van der Waals surface area contributed by atoms with E-state index in [4.69, 9.17) is 0 Å². The number of H-pyrrole nitrogens is 1. The van der Waals surface area contributed by atoms with Crippen LogP contribution in [-0.4, -0.2) is 36.0 Å². The topological polar surface area (TPSA) is 66.1 Å². The molecule has 1 aliphatic rings. The number of aromatic amines is 1. The molecule has 0 aliphatic carbocycles. The zero-order chi connectivity index (χ0) is 15.6. The molecule has 3 rings (SSSR count). The van der Waals surface area contributed by atoms with Gasteiger partial charge in [-0.15, -0.1) is 0 Å². The van der Waals surface area contributed by atoms with Gasteiger partial charge in [0.1, 0.15) is 5.82 Å². The maximum Gasteiger partial charge on any atom is 0.243 e. The van der Waals surface area contributed by atoms with Crippen molar-refractivity contribution in [3.63, 3.8) is 0 Å². The number of nitrogens with zero attached hydrogens (tertiary/aromatic N) is 2. The lowest BCUT2D eigenvalue weighted by atomic mass is 9.95. The van der Waals surface area contributed by atoms with Crippen molar-refractivity contribution in [3.05, 3.63) is 48.0 Å². The molecule has 0 bridgehead atoms. The number of rotatable bonds is 4.